The molecule has 1 N–H and O–H groups in total. The molecule has 0 fully saturated rings. The fourth-order valence-electron chi connectivity index (χ4n) is 1.57. The zero-order valence-corrected chi connectivity index (χ0v) is 14.9. The average molecular weight is 438 g/mol. The third kappa shape index (κ3) is 4.01. The first-order valence-electron chi connectivity index (χ1n) is 5.06. The van der Waals surface area contributed by atoms with Crippen LogP contribution in [-0.2, 0) is 11.4 Å². The zero-order valence-electron chi connectivity index (χ0n) is 9.39. The summed E-state index contributed by atoms with van der Waals surface area (Å²) >= 11 is 5.71. The van der Waals surface area contributed by atoms with Crippen molar-refractivity contribution >= 4 is 11.6 Å². The second-order valence-electron chi connectivity index (χ2n) is 3.62. The van der Waals surface area contributed by atoms with Crippen LogP contribution in [0, 0.1) is 44.1 Å². The van der Waals surface area contributed by atoms with Gasteiger partial charge in [-0.05, 0) is 5.56 Å². The maximum absolute atomic E-state index is 8.25. The molecule has 1 radical (unpaired) electrons. The molecule has 1 aromatic rings. The van der Waals surface area contributed by atoms with E-state index in [-0.39, 0.29) is 44.1 Å². The number of benzene rings is 1. The predicted octanol–water partition coefficient (Wildman–Crippen LogP) is 4.49. The van der Waals surface area contributed by atoms with Crippen LogP contribution < -0.4 is 0 Å². The number of halogens is 1. The average Bonchev–Trinajstić information content (AvgIpc) is 2.28. The van der Waals surface area contributed by atoms with Gasteiger partial charge in [-0.15, -0.1) is 17.1 Å². The molecule has 0 aliphatic rings. The Morgan fingerprint density at radius 2 is 1.60 bits per heavy atom. The van der Waals surface area contributed by atoms with Crippen molar-refractivity contribution in [3.8, 4) is 0 Å². The molecule has 1 nitrogen and oxygen atoms in total. The number of hydrogen-bond donors (Lipinski definition) is 0. The van der Waals surface area contributed by atoms with Crippen molar-refractivity contribution in [1.82, 2.24) is 0 Å². The second kappa shape index (κ2) is 7.28. The smallest absolute Gasteiger partial charge is 0.0474 e. The first-order chi connectivity index (χ1) is 6.66. The van der Waals surface area contributed by atoms with Gasteiger partial charge in [0.1, 0.15) is 0 Å². The minimum Gasteiger partial charge on any atom is -0.668 e. The fourth-order valence-corrected chi connectivity index (χ4v) is 1.75. The van der Waals surface area contributed by atoms with Gasteiger partial charge in [-0.1, -0.05) is 56.5 Å². The van der Waals surface area contributed by atoms with Crippen molar-refractivity contribution in [2.45, 2.75) is 38.1 Å². The summed E-state index contributed by atoms with van der Waals surface area (Å²) in [5.74, 6) is 0.545. The van der Waals surface area contributed by atoms with Crippen molar-refractivity contribution < 1.29 is 44.1 Å². The van der Waals surface area contributed by atoms with Crippen LogP contribution >= 0.6 is 11.6 Å². The minimum absolute atomic E-state index is 0. The van der Waals surface area contributed by atoms with E-state index in [9.17, 15) is 0 Å². The third-order valence-corrected chi connectivity index (χ3v) is 3.18. The van der Waals surface area contributed by atoms with Crippen LogP contribution in [0.3, 0.4) is 0 Å². The van der Waals surface area contributed by atoms with E-state index in [1.807, 2.05) is 24.3 Å². The van der Waals surface area contributed by atoms with Crippen molar-refractivity contribution in [3.63, 3.8) is 0 Å². The Labute approximate surface area is 133 Å². The van der Waals surface area contributed by atoms with Crippen LogP contribution in [0.1, 0.15) is 37.8 Å². The van der Waals surface area contributed by atoms with E-state index in [0.29, 0.717) is 5.88 Å². The molecule has 0 heterocycles. The van der Waals surface area contributed by atoms with E-state index in [4.69, 9.17) is 17.3 Å². The second-order valence-corrected chi connectivity index (χ2v) is 3.89. The quantitative estimate of drug-likeness (QED) is 0.620. The summed E-state index contributed by atoms with van der Waals surface area (Å²) in [6.07, 6.45) is 1.70. The summed E-state index contributed by atoms with van der Waals surface area (Å²) in [4.78, 5) is 0. The van der Waals surface area contributed by atoms with Gasteiger partial charge < -0.3 is 5.73 Å². The molecule has 0 aromatic heterocycles. The van der Waals surface area contributed by atoms with Gasteiger partial charge in [0.05, 0.1) is 0 Å². The Hall–Kier alpha value is 0.912. The molecule has 15 heavy (non-hydrogen) atoms. The summed E-state index contributed by atoms with van der Waals surface area (Å²) in [6.45, 7) is 4.12. The van der Waals surface area contributed by atoms with Gasteiger partial charge >= 0.3 is 0 Å². The molecule has 0 saturated heterocycles. The molecule has 0 aliphatic carbocycles. The Balaban J connectivity index is 0.00000196. The molecular weight excluding hydrogens is 421 g/mol. The molecule has 0 amide bonds. The fraction of sp³-hybridized carbons (Fsp3) is 0.500. The van der Waals surface area contributed by atoms with Gasteiger partial charge in [-0.25, -0.2) is 0 Å². The molecule has 0 unspecified atom stereocenters. The molecule has 1 rings (SSSR count). The molecule has 0 saturated carbocycles. The largest absolute Gasteiger partial charge is 0.668 e. The number of nitrogens with one attached hydrogen (secondary N) is 1. The molecule has 0 aliphatic heterocycles. The van der Waals surface area contributed by atoms with Gasteiger partial charge in [-0.3, -0.25) is 0 Å². The number of hydrogen-bond acceptors (Lipinski definition) is 0. The van der Waals surface area contributed by atoms with Crippen molar-refractivity contribution in [2.24, 2.45) is 0 Å². The molecule has 1 aromatic carbocycles. The van der Waals surface area contributed by atoms with Crippen LogP contribution in [0.15, 0.2) is 24.3 Å². The minimum atomic E-state index is -0.426. The first-order valence-corrected chi connectivity index (χ1v) is 5.60. The summed E-state index contributed by atoms with van der Waals surface area (Å²) in [6, 6.07) is 8.07. The van der Waals surface area contributed by atoms with Gasteiger partial charge in [0, 0.05) is 49.9 Å². The topological polar surface area (TPSA) is 23.8 Å². The van der Waals surface area contributed by atoms with Crippen molar-refractivity contribution in [3.05, 3.63) is 41.1 Å². The maximum atomic E-state index is 8.25. The first kappa shape index (κ1) is 15.9. The Morgan fingerprint density at radius 1 is 1.13 bits per heavy atom. The van der Waals surface area contributed by atoms with Crippen molar-refractivity contribution in [2.75, 3.05) is 0 Å². The van der Waals surface area contributed by atoms with Gasteiger partial charge in [0.2, 0.25) is 0 Å². The SMILES string of the molecule is CCC([NH-])(CC)c1ccc(CCl)cc1.[Ac]. The Morgan fingerprint density at radius 3 is 1.93 bits per heavy atom. The molecule has 0 bridgehead atoms. The van der Waals surface area contributed by atoms with Crippen LogP contribution in [0.25, 0.3) is 5.73 Å². The van der Waals surface area contributed by atoms with E-state index in [0.717, 1.165) is 24.0 Å². The van der Waals surface area contributed by atoms with E-state index < -0.39 is 5.54 Å². The van der Waals surface area contributed by atoms with Gasteiger partial charge in [0.25, 0.3) is 0 Å². The zero-order chi connectivity index (χ0) is 10.6. The van der Waals surface area contributed by atoms with E-state index in [1.54, 1.807) is 0 Å². The van der Waals surface area contributed by atoms with Crippen LogP contribution in [-0.4, -0.2) is 0 Å². The summed E-state index contributed by atoms with van der Waals surface area (Å²) in [5.41, 5.74) is 10.0. The van der Waals surface area contributed by atoms with E-state index in [2.05, 4.69) is 13.8 Å². The van der Waals surface area contributed by atoms with E-state index in [1.165, 1.54) is 0 Å². The molecule has 0 atom stereocenters. The Kier molecular flexibility index (Phi) is 7.72. The summed E-state index contributed by atoms with van der Waals surface area (Å²) in [5, 5.41) is 0. The standard InChI is InChI=1S/C12H17ClN.Ac/c1-3-12(14,4-2)11-7-5-10(9-13)6-8-11;/h5-8,14H,3-4,9H2,1-2H3;/q-1;. The maximum Gasteiger partial charge on any atom is 0.0474 e. The summed E-state index contributed by atoms with van der Waals surface area (Å²) in [7, 11) is 0. The Bertz CT molecular complexity index is 280. The third-order valence-electron chi connectivity index (χ3n) is 2.87. The summed E-state index contributed by atoms with van der Waals surface area (Å²) < 4.78 is 0. The predicted molar refractivity (Wildman–Crippen MR) is 62.6 cm³/mol. The van der Waals surface area contributed by atoms with Gasteiger partial charge in [-0.2, -0.15) is 0 Å². The number of rotatable bonds is 4. The molecule has 0 spiro atoms. The van der Waals surface area contributed by atoms with Crippen LogP contribution in [0.5, 0.6) is 0 Å². The normalized spacial score (nSPS) is 10.9. The van der Waals surface area contributed by atoms with Crippen LogP contribution in [0.4, 0.5) is 0 Å². The van der Waals surface area contributed by atoms with Crippen molar-refractivity contribution in [1.29, 1.82) is 0 Å². The monoisotopic (exact) mass is 437 g/mol. The molecule has 3 heteroatoms. The molecular formula is C12H17AcClN-. The van der Waals surface area contributed by atoms with Crippen LogP contribution in [0.2, 0.25) is 0 Å². The molecule has 81 valence electrons. The number of alkyl halides is 1. The van der Waals surface area contributed by atoms with Gasteiger partial charge in [0.15, 0.2) is 0 Å². The van der Waals surface area contributed by atoms with E-state index >= 15 is 0 Å².